The molecule has 1 aliphatic carbocycles. The van der Waals surface area contributed by atoms with Crippen LogP contribution in [-0.2, 0) is 4.79 Å². The van der Waals surface area contributed by atoms with Crippen molar-refractivity contribution in [2.45, 2.75) is 32.6 Å². The van der Waals surface area contributed by atoms with E-state index in [2.05, 4.69) is 0 Å². The lowest BCUT2D eigenvalue weighted by molar-refractivity contribution is -0.132. The van der Waals surface area contributed by atoms with E-state index in [9.17, 15) is 9.90 Å². The van der Waals surface area contributed by atoms with Crippen molar-refractivity contribution in [1.82, 2.24) is 0 Å². The summed E-state index contributed by atoms with van der Waals surface area (Å²) in [7, 11) is 0. The summed E-state index contributed by atoms with van der Waals surface area (Å²) in [5.74, 6) is -0.752. The first-order valence-electron chi connectivity index (χ1n) is 5.71. The summed E-state index contributed by atoms with van der Waals surface area (Å²) < 4.78 is 0. The van der Waals surface area contributed by atoms with E-state index in [0.717, 1.165) is 36.0 Å². The summed E-state index contributed by atoms with van der Waals surface area (Å²) in [5, 5.41) is 9.20. The molecule has 0 saturated carbocycles. The van der Waals surface area contributed by atoms with Crippen LogP contribution in [0.25, 0.3) is 5.57 Å². The number of rotatable bonds is 2. The van der Waals surface area contributed by atoms with Gasteiger partial charge in [0.25, 0.3) is 0 Å². The number of carboxylic acids is 1. The molecule has 16 heavy (non-hydrogen) atoms. The molecule has 0 saturated heterocycles. The molecule has 0 bridgehead atoms. The highest BCUT2D eigenvalue weighted by Gasteiger charge is 2.20. The first-order valence-corrected chi connectivity index (χ1v) is 5.71. The maximum Gasteiger partial charge on any atom is 0.331 e. The van der Waals surface area contributed by atoms with E-state index in [4.69, 9.17) is 0 Å². The molecular weight excluding hydrogens is 200 g/mol. The molecule has 2 heteroatoms. The fourth-order valence-corrected chi connectivity index (χ4v) is 2.35. The Hall–Kier alpha value is -1.57. The van der Waals surface area contributed by atoms with Gasteiger partial charge in [-0.25, -0.2) is 4.79 Å². The summed E-state index contributed by atoms with van der Waals surface area (Å²) in [4.78, 5) is 11.2. The molecule has 2 rings (SSSR count). The van der Waals surface area contributed by atoms with Crippen LogP contribution in [0.2, 0.25) is 0 Å². The standard InChI is InChI=1S/C14H16O2/c1-10-6-2-3-7-11(10)12-8-4-5-9-13(12)14(15)16/h2-3,6-7H,4-5,8-9H2,1H3,(H,15,16). The second-order valence-electron chi connectivity index (χ2n) is 4.28. The number of aryl methyl sites for hydroxylation is 1. The van der Waals surface area contributed by atoms with E-state index < -0.39 is 5.97 Å². The molecule has 1 aliphatic rings. The lowest BCUT2D eigenvalue weighted by Crippen LogP contribution is -2.09. The second-order valence-corrected chi connectivity index (χ2v) is 4.28. The number of aliphatic carboxylic acids is 1. The quantitative estimate of drug-likeness (QED) is 0.822. The molecule has 1 N–H and O–H groups in total. The van der Waals surface area contributed by atoms with Crippen LogP contribution in [-0.4, -0.2) is 11.1 Å². The van der Waals surface area contributed by atoms with Crippen LogP contribution >= 0.6 is 0 Å². The SMILES string of the molecule is Cc1ccccc1C1=C(C(=O)O)CCCC1. The van der Waals surface area contributed by atoms with Gasteiger partial charge in [0.2, 0.25) is 0 Å². The third kappa shape index (κ3) is 2.01. The molecule has 0 heterocycles. The van der Waals surface area contributed by atoms with Crippen molar-refractivity contribution < 1.29 is 9.90 Å². The van der Waals surface area contributed by atoms with E-state index in [1.807, 2.05) is 31.2 Å². The van der Waals surface area contributed by atoms with Gasteiger partial charge in [-0.05, 0) is 49.3 Å². The number of carboxylic acid groups (broad SMARTS) is 1. The van der Waals surface area contributed by atoms with Crippen LogP contribution in [0, 0.1) is 6.92 Å². The maximum absolute atomic E-state index is 11.2. The van der Waals surface area contributed by atoms with Gasteiger partial charge in [-0.2, -0.15) is 0 Å². The van der Waals surface area contributed by atoms with Crippen LogP contribution < -0.4 is 0 Å². The Labute approximate surface area is 95.6 Å². The Kier molecular flexibility index (Phi) is 3.09. The fourth-order valence-electron chi connectivity index (χ4n) is 2.35. The van der Waals surface area contributed by atoms with E-state index in [-0.39, 0.29) is 0 Å². The topological polar surface area (TPSA) is 37.3 Å². The van der Waals surface area contributed by atoms with Gasteiger partial charge >= 0.3 is 5.97 Å². The van der Waals surface area contributed by atoms with Gasteiger partial charge < -0.3 is 5.11 Å². The van der Waals surface area contributed by atoms with Crippen molar-refractivity contribution in [3.8, 4) is 0 Å². The minimum atomic E-state index is -0.752. The second kappa shape index (κ2) is 4.52. The van der Waals surface area contributed by atoms with Gasteiger partial charge in [-0.15, -0.1) is 0 Å². The predicted octanol–water partition coefficient (Wildman–Crippen LogP) is 3.41. The van der Waals surface area contributed by atoms with Crippen molar-refractivity contribution >= 4 is 11.5 Å². The highest BCUT2D eigenvalue weighted by atomic mass is 16.4. The van der Waals surface area contributed by atoms with Gasteiger partial charge in [-0.3, -0.25) is 0 Å². The molecule has 0 fully saturated rings. The lowest BCUT2D eigenvalue weighted by atomic mass is 9.86. The van der Waals surface area contributed by atoms with Crippen LogP contribution in [0.5, 0.6) is 0 Å². The molecular formula is C14H16O2. The molecule has 0 atom stereocenters. The molecule has 84 valence electrons. The molecule has 1 aromatic carbocycles. The van der Waals surface area contributed by atoms with Crippen LogP contribution in [0.4, 0.5) is 0 Å². The summed E-state index contributed by atoms with van der Waals surface area (Å²) in [6.07, 6.45) is 3.70. The third-order valence-corrected chi connectivity index (χ3v) is 3.20. The summed E-state index contributed by atoms with van der Waals surface area (Å²) >= 11 is 0. The zero-order chi connectivity index (χ0) is 11.5. The van der Waals surface area contributed by atoms with Gasteiger partial charge in [0, 0.05) is 5.57 Å². The largest absolute Gasteiger partial charge is 0.478 e. The fraction of sp³-hybridized carbons (Fsp3) is 0.357. The Morgan fingerprint density at radius 3 is 2.56 bits per heavy atom. The molecule has 0 amide bonds. The summed E-state index contributed by atoms with van der Waals surface area (Å²) in [5.41, 5.74) is 3.93. The van der Waals surface area contributed by atoms with Crippen molar-refractivity contribution in [1.29, 1.82) is 0 Å². The highest BCUT2D eigenvalue weighted by molar-refractivity contribution is 5.97. The average Bonchev–Trinajstić information content (AvgIpc) is 2.29. The monoisotopic (exact) mass is 216 g/mol. The highest BCUT2D eigenvalue weighted by Crippen LogP contribution is 2.33. The minimum Gasteiger partial charge on any atom is -0.478 e. The first kappa shape index (κ1) is 10.9. The van der Waals surface area contributed by atoms with Gasteiger partial charge in [0.1, 0.15) is 0 Å². The first-order chi connectivity index (χ1) is 7.70. The van der Waals surface area contributed by atoms with E-state index in [1.165, 1.54) is 0 Å². The number of hydrogen-bond acceptors (Lipinski definition) is 1. The lowest BCUT2D eigenvalue weighted by Gasteiger charge is -2.19. The van der Waals surface area contributed by atoms with Crippen molar-refractivity contribution in [3.05, 3.63) is 41.0 Å². The maximum atomic E-state index is 11.2. The molecule has 0 radical (unpaired) electrons. The van der Waals surface area contributed by atoms with Gasteiger partial charge in [-0.1, -0.05) is 24.3 Å². The Bertz CT molecular complexity index is 444. The Balaban J connectivity index is 2.52. The van der Waals surface area contributed by atoms with Crippen LogP contribution in [0.1, 0.15) is 36.8 Å². The van der Waals surface area contributed by atoms with E-state index in [1.54, 1.807) is 0 Å². The summed E-state index contributed by atoms with van der Waals surface area (Å²) in [6, 6.07) is 8.03. The summed E-state index contributed by atoms with van der Waals surface area (Å²) in [6.45, 7) is 2.04. The van der Waals surface area contributed by atoms with Crippen molar-refractivity contribution in [2.24, 2.45) is 0 Å². The third-order valence-electron chi connectivity index (χ3n) is 3.20. The number of allylic oxidation sites excluding steroid dienone is 1. The zero-order valence-corrected chi connectivity index (χ0v) is 9.49. The van der Waals surface area contributed by atoms with Crippen LogP contribution in [0.15, 0.2) is 29.8 Å². The Morgan fingerprint density at radius 1 is 1.19 bits per heavy atom. The number of benzene rings is 1. The van der Waals surface area contributed by atoms with Gasteiger partial charge in [0.05, 0.1) is 0 Å². The molecule has 0 aromatic heterocycles. The smallest absolute Gasteiger partial charge is 0.331 e. The molecule has 0 spiro atoms. The van der Waals surface area contributed by atoms with E-state index >= 15 is 0 Å². The normalized spacial score (nSPS) is 16.3. The van der Waals surface area contributed by atoms with Gasteiger partial charge in [0.15, 0.2) is 0 Å². The molecule has 1 aromatic rings. The Morgan fingerprint density at radius 2 is 1.88 bits per heavy atom. The molecule has 2 nitrogen and oxygen atoms in total. The predicted molar refractivity (Wildman–Crippen MR) is 64.2 cm³/mol. The van der Waals surface area contributed by atoms with Crippen LogP contribution in [0.3, 0.4) is 0 Å². The van der Waals surface area contributed by atoms with Crippen molar-refractivity contribution in [3.63, 3.8) is 0 Å². The average molecular weight is 216 g/mol. The molecule has 0 unspecified atom stereocenters. The zero-order valence-electron chi connectivity index (χ0n) is 9.49. The number of carbonyl (C=O) groups is 1. The number of hydrogen-bond donors (Lipinski definition) is 1. The van der Waals surface area contributed by atoms with Crippen molar-refractivity contribution in [2.75, 3.05) is 0 Å². The van der Waals surface area contributed by atoms with E-state index in [0.29, 0.717) is 12.0 Å². The minimum absolute atomic E-state index is 0.612. The molecule has 0 aliphatic heterocycles.